The third kappa shape index (κ3) is 3.13. The summed E-state index contributed by atoms with van der Waals surface area (Å²) >= 11 is 0. The molecule has 0 bridgehead atoms. The largest absolute Gasteiger partial charge is 0.506 e. The van der Waals surface area contributed by atoms with E-state index in [1.54, 1.807) is 0 Å². The lowest BCUT2D eigenvalue weighted by molar-refractivity contribution is -0.384. The van der Waals surface area contributed by atoms with Crippen LogP contribution in [0.15, 0.2) is 47.4 Å². The van der Waals surface area contributed by atoms with Crippen LogP contribution in [0.2, 0.25) is 0 Å². The molecule has 9 heteroatoms. The second-order valence-corrected chi connectivity index (χ2v) is 5.89. The fourth-order valence-electron chi connectivity index (χ4n) is 1.66. The van der Waals surface area contributed by atoms with Gasteiger partial charge in [0.2, 0.25) is 0 Å². The van der Waals surface area contributed by atoms with Gasteiger partial charge < -0.3 is 5.11 Å². The van der Waals surface area contributed by atoms with E-state index in [0.717, 1.165) is 24.3 Å². The Hall–Kier alpha value is -3.12. The van der Waals surface area contributed by atoms with Crippen LogP contribution in [-0.4, -0.2) is 18.4 Å². The number of phenols is 1. The van der Waals surface area contributed by atoms with Crippen molar-refractivity contribution in [1.82, 2.24) is 0 Å². The van der Waals surface area contributed by atoms with Crippen molar-refractivity contribution in [1.29, 1.82) is 5.26 Å². The first-order valence-electron chi connectivity index (χ1n) is 5.84. The summed E-state index contributed by atoms with van der Waals surface area (Å²) in [6.07, 6.45) is 0. The lowest BCUT2D eigenvalue weighted by atomic mass is 10.2. The highest BCUT2D eigenvalue weighted by Gasteiger charge is 2.18. The zero-order valence-corrected chi connectivity index (χ0v) is 11.7. The van der Waals surface area contributed by atoms with Crippen molar-refractivity contribution in [2.45, 2.75) is 4.90 Å². The van der Waals surface area contributed by atoms with Gasteiger partial charge in [-0.3, -0.25) is 14.8 Å². The summed E-state index contributed by atoms with van der Waals surface area (Å²) in [5, 5.41) is 29.1. The van der Waals surface area contributed by atoms with Crippen LogP contribution in [-0.2, 0) is 10.0 Å². The molecule has 0 aliphatic carbocycles. The molecule has 0 saturated carbocycles. The number of nitrogens with one attached hydrogen (secondary N) is 1. The van der Waals surface area contributed by atoms with Gasteiger partial charge in [0.15, 0.2) is 0 Å². The van der Waals surface area contributed by atoms with Crippen LogP contribution in [0.3, 0.4) is 0 Å². The molecule has 22 heavy (non-hydrogen) atoms. The number of benzene rings is 2. The quantitative estimate of drug-likeness (QED) is 0.503. The average Bonchev–Trinajstić information content (AvgIpc) is 2.49. The minimum Gasteiger partial charge on any atom is -0.506 e. The molecule has 2 N–H and O–H groups in total. The first-order valence-corrected chi connectivity index (χ1v) is 7.32. The third-order valence-electron chi connectivity index (χ3n) is 2.71. The number of aromatic hydroxyl groups is 1. The Bertz CT molecular complexity index is 887. The summed E-state index contributed by atoms with van der Waals surface area (Å²) in [6.45, 7) is 0. The van der Waals surface area contributed by atoms with E-state index in [1.165, 1.54) is 18.2 Å². The number of sulfonamides is 1. The van der Waals surface area contributed by atoms with Gasteiger partial charge in [-0.05, 0) is 24.3 Å². The molecule has 0 unspecified atom stereocenters. The Labute approximate surface area is 125 Å². The Kier molecular flexibility index (Phi) is 3.96. The maximum Gasteiger partial charge on any atom is 0.271 e. The summed E-state index contributed by atoms with van der Waals surface area (Å²) in [5.41, 5.74) is -0.552. The SMILES string of the molecule is N#Cc1cccc(S(=O)(=O)Nc2cc([N+](=O)[O-])ccc2O)c1. The molecule has 0 fully saturated rings. The Morgan fingerprint density at radius 2 is 1.95 bits per heavy atom. The number of non-ortho nitro benzene ring substituents is 1. The fourth-order valence-corrected chi connectivity index (χ4v) is 2.77. The molecule has 0 spiro atoms. The number of nitro groups is 1. The molecule has 0 aliphatic rings. The van der Waals surface area contributed by atoms with Crippen molar-refractivity contribution >= 4 is 21.4 Å². The summed E-state index contributed by atoms with van der Waals surface area (Å²) in [5.74, 6) is -0.453. The van der Waals surface area contributed by atoms with Crippen LogP contribution in [0.25, 0.3) is 0 Å². The molecular weight excluding hydrogens is 310 g/mol. The summed E-state index contributed by atoms with van der Waals surface area (Å²) in [6, 6.07) is 10.0. The van der Waals surface area contributed by atoms with Gasteiger partial charge in [-0.15, -0.1) is 0 Å². The van der Waals surface area contributed by atoms with Crippen LogP contribution in [0, 0.1) is 21.4 Å². The summed E-state index contributed by atoms with van der Waals surface area (Å²) in [4.78, 5) is 9.78. The highest BCUT2D eigenvalue weighted by atomic mass is 32.2. The van der Waals surface area contributed by atoms with Gasteiger partial charge in [-0.25, -0.2) is 8.42 Å². The number of anilines is 1. The second kappa shape index (κ2) is 5.71. The standard InChI is InChI=1S/C13H9N3O5S/c14-8-9-2-1-3-11(6-9)22(20,21)15-12-7-10(16(18)19)4-5-13(12)17/h1-7,15,17H. The summed E-state index contributed by atoms with van der Waals surface area (Å²) in [7, 11) is -4.09. The fraction of sp³-hybridized carbons (Fsp3) is 0. The molecule has 0 atom stereocenters. The Morgan fingerprint density at radius 1 is 1.23 bits per heavy atom. The van der Waals surface area contributed by atoms with Crippen molar-refractivity contribution in [3.8, 4) is 11.8 Å². The molecule has 0 aliphatic heterocycles. The van der Waals surface area contributed by atoms with Crippen molar-refractivity contribution in [2.24, 2.45) is 0 Å². The zero-order valence-electron chi connectivity index (χ0n) is 10.9. The highest BCUT2D eigenvalue weighted by Crippen LogP contribution is 2.29. The molecule has 0 saturated heterocycles. The smallest absolute Gasteiger partial charge is 0.271 e. The molecule has 0 amide bonds. The number of rotatable bonds is 4. The van der Waals surface area contributed by atoms with E-state index in [1.807, 2.05) is 6.07 Å². The number of nitriles is 1. The normalized spacial score (nSPS) is 10.7. The van der Waals surface area contributed by atoms with Crippen molar-refractivity contribution < 1.29 is 18.4 Å². The maximum absolute atomic E-state index is 12.2. The van der Waals surface area contributed by atoms with E-state index in [-0.39, 0.29) is 21.8 Å². The van der Waals surface area contributed by atoms with E-state index in [9.17, 15) is 23.6 Å². The first kappa shape index (κ1) is 15.3. The summed E-state index contributed by atoms with van der Waals surface area (Å²) < 4.78 is 26.5. The topological polar surface area (TPSA) is 133 Å². The molecule has 2 aromatic carbocycles. The van der Waals surface area contributed by atoms with Gasteiger partial charge in [0, 0.05) is 12.1 Å². The van der Waals surface area contributed by atoms with E-state index < -0.39 is 20.7 Å². The van der Waals surface area contributed by atoms with E-state index >= 15 is 0 Å². The van der Waals surface area contributed by atoms with Crippen molar-refractivity contribution in [3.63, 3.8) is 0 Å². The van der Waals surface area contributed by atoms with Gasteiger partial charge in [-0.1, -0.05) is 6.07 Å². The van der Waals surface area contributed by atoms with Gasteiger partial charge in [0.1, 0.15) is 5.75 Å². The molecule has 0 aromatic heterocycles. The minimum absolute atomic E-state index is 0.145. The highest BCUT2D eigenvalue weighted by molar-refractivity contribution is 7.92. The van der Waals surface area contributed by atoms with Gasteiger partial charge in [0.05, 0.1) is 27.1 Å². The van der Waals surface area contributed by atoms with Crippen LogP contribution >= 0.6 is 0 Å². The van der Waals surface area contributed by atoms with E-state index in [0.29, 0.717) is 0 Å². The molecular formula is C13H9N3O5S. The average molecular weight is 319 g/mol. The van der Waals surface area contributed by atoms with Gasteiger partial charge in [-0.2, -0.15) is 5.26 Å². The van der Waals surface area contributed by atoms with Crippen molar-refractivity contribution in [2.75, 3.05) is 4.72 Å². The molecule has 8 nitrogen and oxygen atoms in total. The van der Waals surface area contributed by atoms with Crippen LogP contribution in [0.4, 0.5) is 11.4 Å². The first-order chi connectivity index (χ1) is 10.3. The monoisotopic (exact) mass is 319 g/mol. The number of hydrogen-bond acceptors (Lipinski definition) is 6. The van der Waals surface area contributed by atoms with E-state index in [4.69, 9.17) is 5.26 Å². The maximum atomic E-state index is 12.2. The zero-order chi connectivity index (χ0) is 16.3. The molecule has 0 radical (unpaired) electrons. The van der Waals surface area contributed by atoms with Crippen LogP contribution < -0.4 is 4.72 Å². The molecule has 2 aromatic rings. The van der Waals surface area contributed by atoms with Crippen LogP contribution in [0.5, 0.6) is 5.75 Å². The van der Waals surface area contributed by atoms with Crippen molar-refractivity contribution in [3.05, 3.63) is 58.1 Å². The third-order valence-corrected chi connectivity index (χ3v) is 4.07. The lowest BCUT2D eigenvalue weighted by Gasteiger charge is -2.09. The van der Waals surface area contributed by atoms with Crippen LogP contribution in [0.1, 0.15) is 5.56 Å². The number of nitro benzene ring substituents is 1. The Morgan fingerprint density at radius 3 is 2.59 bits per heavy atom. The molecule has 0 heterocycles. The van der Waals surface area contributed by atoms with E-state index in [2.05, 4.69) is 4.72 Å². The minimum atomic E-state index is -4.09. The molecule has 2 rings (SSSR count). The Balaban J connectivity index is 2.43. The lowest BCUT2D eigenvalue weighted by Crippen LogP contribution is -2.13. The van der Waals surface area contributed by atoms with Gasteiger partial charge >= 0.3 is 0 Å². The second-order valence-electron chi connectivity index (χ2n) is 4.20. The number of phenolic OH excluding ortho intramolecular Hbond substituents is 1. The number of nitrogens with zero attached hydrogens (tertiary/aromatic N) is 2. The predicted molar refractivity (Wildman–Crippen MR) is 76.7 cm³/mol. The van der Waals surface area contributed by atoms with Gasteiger partial charge in [0.25, 0.3) is 15.7 Å². The predicted octanol–water partition coefficient (Wildman–Crippen LogP) is 1.97. The number of hydrogen-bond donors (Lipinski definition) is 2. The molecule has 112 valence electrons.